The fourth-order valence-corrected chi connectivity index (χ4v) is 4.17. The molecule has 32 heavy (non-hydrogen) atoms. The summed E-state index contributed by atoms with van der Waals surface area (Å²) in [6.07, 6.45) is 0. The van der Waals surface area contributed by atoms with E-state index in [2.05, 4.69) is 10.2 Å². The van der Waals surface area contributed by atoms with E-state index in [0.717, 1.165) is 33.7 Å². The largest absolute Gasteiger partial charge is 0.494 e. The molecular formula is C26H22FN3O2. The summed E-state index contributed by atoms with van der Waals surface area (Å²) in [7, 11) is 0. The van der Waals surface area contributed by atoms with Gasteiger partial charge in [0.05, 0.1) is 18.3 Å². The fraction of sp³-hybridized carbons (Fsp3) is 0.154. The van der Waals surface area contributed by atoms with Crippen molar-refractivity contribution in [3.05, 3.63) is 101 Å². The number of rotatable bonds is 5. The molecule has 5 rings (SSSR count). The second-order valence-corrected chi connectivity index (χ2v) is 7.78. The second kappa shape index (κ2) is 7.96. The fourth-order valence-electron chi connectivity index (χ4n) is 4.17. The van der Waals surface area contributed by atoms with Crippen molar-refractivity contribution in [2.75, 3.05) is 11.5 Å². The van der Waals surface area contributed by atoms with Gasteiger partial charge in [0.25, 0.3) is 5.91 Å². The third-order valence-electron chi connectivity index (χ3n) is 5.70. The molecule has 1 aliphatic rings. The normalized spacial score (nSPS) is 15.2. The summed E-state index contributed by atoms with van der Waals surface area (Å²) in [5, 5.41) is 7.45. The third kappa shape index (κ3) is 3.34. The van der Waals surface area contributed by atoms with E-state index in [0.29, 0.717) is 18.0 Å². The first kappa shape index (κ1) is 20.0. The van der Waals surface area contributed by atoms with Crippen molar-refractivity contribution in [2.24, 2.45) is 0 Å². The van der Waals surface area contributed by atoms with Crippen LogP contribution in [0.3, 0.4) is 0 Å². The highest BCUT2D eigenvalue weighted by Crippen LogP contribution is 2.45. The number of aryl methyl sites for hydroxylation is 1. The highest BCUT2D eigenvalue weighted by atomic mass is 19.1. The Morgan fingerprint density at radius 1 is 1.00 bits per heavy atom. The van der Waals surface area contributed by atoms with E-state index < -0.39 is 6.04 Å². The van der Waals surface area contributed by atoms with Crippen LogP contribution in [0.5, 0.6) is 5.75 Å². The van der Waals surface area contributed by atoms with Crippen LogP contribution >= 0.6 is 0 Å². The summed E-state index contributed by atoms with van der Waals surface area (Å²) < 4.78 is 19.2. The Morgan fingerprint density at radius 3 is 2.34 bits per heavy atom. The molecule has 5 nitrogen and oxygen atoms in total. The molecule has 1 aromatic heterocycles. The Bertz CT molecular complexity index is 1260. The smallest absolute Gasteiger partial charge is 0.277 e. The minimum Gasteiger partial charge on any atom is -0.494 e. The molecule has 0 saturated carbocycles. The zero-order chi connectivity index (χ0) is 22.2. The molecular weight excluding hydrogens is 405 g/mol. The maximum atomic E-state index is 13.6. The molecule has 0 aliphatic carbocycles. The minimum atomic E-state index is -0.409. The van der Waals surface area contributed by atoms with Gasteiger partial charge in [-0.15, -0.1) is 0 Å². The van der Waals surface area contributed by atoms with E-state index in [1.807, 2.05) is 62.4 Å². The predicted molar refractivity (Wildman–Crippen MR) is 121 cm³/mol. The molecule has 0 fully saturated rings. The summed E-state index contributed by atoms with van der Waals surface area (Å²) in [5.74, 6) is 0.218. The lowest BCUT2D eigenvalue weighted by molar-refractivity contribution is 0.0988. The third-order valence-corrected chi connectivity index (χ3v) is 5.70. The summed E-state index contributed by atoms with van der Waals surface area (Å²) in [4.78, 5) is 15.2. The van der Waals surface area contributed by atoms with Crippen LogP contribution in [-0.4, -0.2) is 22.7 Å². The molecule has 0 saturated heterocycles. The average Bonchev–Trinajstić information content (AvgIpc) is 3.35. The Kier molecular flexibility index (Phi) is 4.98. The number of anilines is 1. The number of fused-ring (bicyclic) bond motifs is 1. The quantitative estimate of drug-likeness (QED) is 0.446. The SMILES string of the molecule is CCOc1ccc([C@@H]2c3c(-c4ccc(C)cc4)n[nH]c3C(=O)N2c2ccc(F)cc2)cc1. The highest BCUT2D eigenvalue weighted by molar-refractivity contribution is 6.11. The number of halogens is 1. The van der Waals surface area contributed by atoms with Crippen molar-refractivity contribution in [3.63, 3.8) is 0 Å². The number of amides is 1. The second-order valence-electron chi connectivity index (χ2n) is 7.78. The monoisotopic (exact) mass is 427 g/mol. The summed E-state index contributed by atoms with van der Waals surface area (Å²) in [6, 6.07) is 21.3. The molecule has 0 bridgehead atoms. The van der Waals surface area contributed by atoms with Gasteiger partial charge < -0.3 is 4.74 Å². The number of hydrogen-bond donors (Lipinski definition) is 1. The molecule has 0 unspecified atom stereocenters. The Labute approximate surface area is 185 Å². The zero-order valence-corrected chi connectivity index (χ0v) is 17.8. The lowest BCUT2D eigenvalue weighted by Crippen LogP contribution is -2.29. The van der Waals surface area contributed by atoms with Crippen LogP contribution in [0.15, 0.2) is 72.8 Å². The average molecular weight is 427 g/mol. The van der Waals surface area contributed by atoms with Crippen molar-refractivity contribution in [3.8, 4) is 17.0 Å². The molecule has 1 atom stereocenters. The van der Waals surface area contributed by atoms with Gasteiger partial charge in [0.2, 0.25) is 0 Å². The van der Waals surface area contributed by atoms with E-state index in [1.165, 1.54) is 12.1 Å². The summed E-state index contributed by atoms with van der Waals surface area (Å²) in [6.45, 7) is 4.54. The summed E-state index contributed by atoms with van der Waals surface area (Å²) >= 11 is 0. The number of nitrogens with one attached hydrogen (secondary N) is 1. The molecule has 1 aliphatic heterocycles. The van der Waals surface area contributed by atoms with E-state index in [4.69, 9.17) is 4.74 Å². The Hall–Kier alpha value is -3.93. The van der Waals surface area contributed by atoms with Crippen LogP contribution in [0.4, 0.5) is 10.1 Å². The van der Waals surface area contributed by atoms with Crippen LogP contribution < -0.4 is 9.64 Å². The van der Waals surface area contributed by atoms with Crippen molar-refractivity contribution in [1.82, 2.24) is 10.2 Å². The first-order valence-corrected chi connectivity index (χ1v) is 10.5. The Balaban J connectivity index is 1.67. The number of benzene rings is 3. The molecule has 2 heterocycles. The zero-order valence-electron chi connectivity index (χ0n) is 17.8. The number of aromatic nitrogens is 2. The Morgan fingerprint density at radius 2 is 1.69 bits per heavy atom. The van der Waals surface area contributed by atoms with Gasteiger partial charge >= 0.3 is 0 Å². The lowest BCUT2D eigenvalue weighted by atomic mass is 9.95. The molecule has 6 heteroatoms. The van der Waals surface area contributed by atoms with E-state index in [-0.39, 0.29) is 11.7 Å². The number of aromatic amines is 1. The number of hydrogen-bond acceptors (Lipinski definition) is 3. The van der Waals surface area contributed by atoms with Gasteiger partial charge in [-0.05, 0) is 55.8 Å². The number of carbonyl (C=O) groups excluding carboxylic acids is 1. The van der Waals surface area contributed by atoms with Crippen molar-refractivity contribution in [2.45, 2.75) is 19.9 Å². The topological polar surface area (TPSA) is 58.2 Å². The van der Waals surface area contributed by atoms with E-state index in [1.54, 1.807) is 17.0 Å². The van der Waals surface area contributed by atoms with Crippen molar-refractivity contribution >= 4 is 11.6 Å². The minimum absolute atomic E-state index is 0.198. The number of carbonyl (C=O) groups is 1. The molecule has 0 radical (unpaired) electrons. The van der Waals surface area contributed by atoms with E-state index >= 15 is 0 Å². The maximum absolute atomic E-state index is 13.6. The number of ether oxygens (including phenoxy) is 1. The van der Waals surface area contributed by atoms with Gasteiger partial charge in [0, 0.05) is 16.8 Å². The molecule has 4 aromatic rings. The van der Waals surface area contributed by atoms with Crippen LogP contribution in [0.1, 0.15) is 40.1 Å². The number of nitrogens with zero attached hydrogens (tertiary/aromatic N) is 2. The molecule has 3 aromatic carbocycles. The molecule has 160 valence electrons. The first-order valence-electron chi connectivity index (χ1n) is 10.5. The molecule has 1 amide bonds. The van der Waals surface area contributed by atoms with Gasteiger partial charge in [-0.1, -0.05) is 42.0 Å². The predicted octanol–water partition coefficient (Wildman–Crippen LogP) is 5.67. The number of H-pyrrole nitrogens is 1. The maximum Gasteiger partial charge on any atom is 0.277 e. The highest BCUT2D eigenvalue weighted by Gasteiger charge is 2.43. The van der Waals surface area contributed by atoms with Gasteiger partial charge in [0.1, 0.15) is 17.3 Å². The van der Waals surface area contributed by atoms with Crippen LogP contribution in [-0.2, 0) is 0 Å². The molecule has 1 N–H and O–H groups in total. The van der Waals surface area contributed by atoms with Crippen molar-refractivity contribution < 1.29 is 13.9 Å². The van der Waals surface area contributed by atoms with Crippen LogP contribution in [0.2, 0.25) is 0 Å². The van der Waals surface area contributed by atoms with E-state index in [9.17, 15) is 9.18 Å². The van der Waals surface area contributed by atoms with Gasteiger partial charge in [-0.2, -0.15) is 5.10 Å². The first-order chi connectivity index (χ1) is 15.6. The standard InChI is InChI=1S/C26H22FN3O2/c1-3-32-21-14-8-18(9-15-21)25-22-23(17-6-4-16(2)5-7-17)28-29-24(22)26(31)30(25)20-12-10-19(27)11-13-20/h4-15,25H,3H2,1-2H3,(H,28,29)/t25-/m1/s1. The van der Waals surface area contributed by atoms with Crippen molar-refractivity contribution in [1.29, 1.82) is 0 Å². The lowest BCUT2D eigenvalue weighted by Gasteiger charge is -2.26. The van der Waals surface area contributed by atoms with Gasteiger partial charge in [-0.3, -0.25) is 14.8 Å². The van der Waals surface area contributed by atoms with Gasteiger partial charge in [0.15, 0.2) is 0 Å². The molecule has 0 spiro atoms. The van der Waals surface area contributed by atoms with Gasteiger partial charge in [-0.25, -0.2) is 4.39 Å². The van der Waals surface area contributed by atoms with Crippen LogP contribution in [0.25, 0.3) is 11.3 Å². The summed E-state index contributed by atoms with van der Waals surface area (Å²) in [5.41, 5.74) is 5.60. The van der Waals surface area contributed by atoms with Crippen LogP contribution in [0, 0.1) is 12.7 Å².